The molecule has 2 heteroatoms. The van der Waals surface area contributed by atoms with Crippen LogP contribution in [0.3, 0.4) is 0 Å². The van der Waals surface area contributed by atoms with E-state index in [4.69, 9.17) is 4.74 Å². The molecule has 0 fully saturated rings. The van der Waals surface area contributed by atoms with E-state index in [9.17, 15) is 0 Å². The molecule has 0 aromatic rings. The Kier molecular flexibility index (Phi) is 20.3. The second kappa shape index (κ2) is 15.7. The third-order valence-corrected chi connectivity index (χ3v) is 0.701. The van der Waals surface area contributed by atoms with Crippen LogP contribution in [0.25, 0.3) is 0 Å². The van der Waals surface area contributed by atoms with Crippen molar-refractivity contribution in [3.63, 3.8) is 0 Å². The minimum absolute atomic E-state index is 0.821. The predicted molar refractivity (Wildman–Crippen MR) is 41.8 cm³/mol. The van der Waals surface area contributed by atoms with E-state index in [2.05, 4.69) is 5.32 Å². The van der Waals surface area contributed by atoms with Crippen molar-refractivity contribution in [2.24, 2.45) is 0 Å². The summed E-state index contributed by atoms with van der Waals surface area (Å²) in [6.07, 6.45) is 0. The maximum Gasteiger partial charge on any atom is 0.0590 e. The van der Waals surface area contributed by atoms with Gasteiger partial charge in [-0.3, -0.25) is 0 Å². The maximum atomic E-state index is 5.01. The van der Waals surface area contributed by atoms with Crippen LogP contribution in [-0.2, 0) is 4.74 Å². The Balaban J connectivity index is 0. The highest BCUT2D eigenvalue weighted by Crippen LogP contribution is 1.67. The van der Waals surface area contributed by atoms with Crippen molar-refractivity contribution < 1.29 is 4.74 Å². The molecule has 0 saturated heterocycles. The molecule has 0 aliphatic carbocycles. The van der Waals surface area contributed by atoms with Crippen molar-refractivity contribution in [3.05, 3.63) is 0 Å². The Morgan fingerprint density at radius 3 is 2.22 bits per heavy atom. The van der Waals surface area contributed by atoms with E-state index in [0.29, 0.717) is 0 Å². The SMILES string of the molecule is CC.CCOCCNC. The van der Waals surface area contributed by atoms with Gasteiger partial charge in [-0.15, -0.1) is 0 Å². The number of hydrogen-bond donors (Lipinski definition) is 1. The van der Waals surface area contributed by atoms with Crippen molar-refractivity contribution in [3.8, 4) is 0 Å². The molecule has 0 bridgehead atoms. The lowest BCUT2D eigenvalue weighted by Crippen LogP contribution is -2.13. The fourth-order valence-corrected chi connectivity index (χ4v) is 0.319. The smallest absolute Gasteiger partial charge is 0.0590 e. The van der Waals surface area contributed by atoms with Crippen molar-refractivity contribution >= 4 is 0 Å². The molecular formula is C7H19NO. The molecule has 0 aliphatic rings. The summed E-state index contributed by atoms with van der Waals surface area (Å²) in [4.78, 5) is 0. The molecule has 0 saturated carbocycles. The molecule has 0 radical (unpaired) electrons. The molecule has 0 aliphatic heterocycles. The molecule has 0 unspecified atom stereocenters. The van der Waals surface area contributed by atoms with E-state index >= 15 is 0 Å². The van der Waals surface area contributed by atoms with Gasteiger partial charge in [0.25, 0.3) is 0 Å². The molecule has 0 rings (SSSR count). The Morgan fingerprint density at radius 1 is 1.33 bits per heavy atom. The minimum Gasteiger partial charge on any atom is -0.380 e. The van der Waals surface area contributed by atoms with Gasteiger partial charge < -0.3 is 10.1 Å². The highest BCUT2D eigenvalue weighted by atomic mass is 16.5. The summed E-state index contributed by atoms with van der Waals surface area (Å²) in [5, 5.41) is 2.98. The first-order valence-corrected chi connectivity index (χ1v) is 3.64. The molecule has 0 amide bonds. The predicted octanol–water partition coefficient (Wildman–Crippen LogP) is 1.27. The number of ether oxygens (including phenoxy) is 1. The lowest BCUT2D eigenvalue weighted by molar-refractivity contribution is 0.151. The number of hydrogen-bond acceptors (Lipinski definition) is 2. The van der Waals surface area contributed by atoms with Crippen LogP contribution in [0.5, 0.6) is 0 Å². The first-order chi connectivity index (χ1) is 4.41. The summed E-state index contributed by atoms with van der Waals surface area (Å²) in [6.45, 7) is 8.60. The van der Waals surface area contributed by atoms with Crippen LogP contribution in [-0.4, -0.2) is 26.8 Å². The van der Waals surface area contributed by atoms with Gasteiger partial charge in [0, 0.05) is 13.2 Å². The van der Waals surface area contributed by atoms with Crippen LogP contribution in [0.2, 0.25) is 0 Å². The van der Waals surface area contributed by atoms with Crippen molar-refractivity contribution in [2.75, 3.05) is 26.8 Å². The first-order valence-electron chi connectivity index (χ1n) is 3.64. The summed E-state index contributed by atoms with van der Waals surface area (Å²) >= 11 is 0. The van der Waals surface area contributed by atoms with Crippen LogP contribution >= 0.6 is 0 Å². The second-order valence-electron chi connectivity index (χ2n) is 1.30. The van der Waals surface area contributed by atoms with E-state index < -0.39 is 0 Å². The zero-order valence-electron chi connectivity index (χ0n) is 7.03. The summed E-state index contributed by atoms with van der Waals surface area (Å²) in [7, 11) is 1.92. The van der Waals surface area contributed by atoms with Crippen LogP contribution in [0.15, 0.2) is 0 Å². The maximum absolute atomic E-state index is 5.01. The molecule has 0 atom stereocenters. The van der Waals surface area contributed by atoms with Gasteiger partial charge in [0.15, 0.2) is 0 Å². The lowest BCUT2D eigenvalue weighted by atomic mass is 10.7. The molecule has 0 spiro atoms. The Morgan fingerprint density at radius 2 is 1.89 bits per heavy atom. The molecule has 58 valence electrons. The molecule has 2 nitrogen and oxygen atoms in total. The van der Waals surface area contributed by atoms with E-state index in [1.165, 1.54) is 0 Å². The highest BCUT2D eigenvalue weighted by molar-refractivity contribution is 4.32. The Labute approximate surface area is 58.6 Å². The summed E-state index contributed by atoms with van der Waals surface area (Å²) in [5.74, 6) is 0. The van der Waals surface area contributed by atoms with Crippen LogP contribution in [0.1, 0.15) is 20.8 Å². The minimum atomic E-state index is 0.821. The molecule has 0 aromatic heterocycles. The van der Waals surface area contributed by atoms with E-state index in [1.54, 1.807) is 0 Å². The van der Waals surface area contributed by atoms with E-state index in [0.717, 1.165) is 19.8 Å². The second-order valence-corrected chi connectivity index (χ2v) is 1.30. The molecule has 0 heterocycles. The van der Waals surface area contributed by atoms with Crippen LogP contribution < -0.4 is 5.32 Å². The third-order valence-electron chi connectivity index (χ3n) is 0.701. The normalized spacial score (nSPS) is 8.00. The van der Waals surface area contributed by atoms with Gasteiger partial charge >= 0.3 is 0 Å². The molecule has 0 aromatic carbocycles. The van der Waals surface area contributed by atoms with Crippen molar-refractivity contribution in [1.29, 1.82) is 0 Å². The van der Waals surface area contributed by atoms with Gasteiger partial charge in [-0.05, 0) is 14.0 Å². The van der Waals surface area contributed by atoms with Crippen molar-refractivity contribution in [2.45, 2.75) is 20.8 Å². The summed E-state index contributed by atoms with van der Waals surface area (Å²) in [6, 6.07) is 0. The van der Waals surface area contributed by atoms with Gasteiger partial charge in [0.05, 0.1) is 6.61 Å². The zero-order chi connectivity index (χ0) is 7.54. The molecule has 1 N–H and O–H groups in total. The molecule has 9 heavy (non-hydrogen) atoms. The largest absolute Gasteiger partial charge is 0.380 e. The Bertz CT molecular complexity index is 28.1. The fraction of sp³-hybridized carbons (Fsp3) is 1.00. The van der Waals surface area contributed by atoms with Gasteiger partial charge in [-0.1, -0.05) is 13.8 Å². The van der Waals surface area contributed by atoms with E-state index in [-0.39, 0.29) is 0 Å². The van der Waals surface area contributed by atoms with Crippen molar-refractivity contribution in [1.82, 2.24) is 5.32 Å². The average molecular weight is 133 g/mol. The quantitative estimate of drug-likeness (QED) is 0.583. The van der Waals surface area contributed by atoms with Gasteiger partial charge in [-0.25, -0.2) is 0 Å². The monoisotopic (exact) mass is 133 g/mol. The average Bonchev–Trinajstić information content (AvgIpc) is 1.94. The standard InChI is InChI=1S/C5H13NO.C2H6/c1-3-7-5-4-6-2;1-2/h6H,3-5H2,1-2H3;1-2H3. The van der Waals surface area contributed by atoms with Crippen LogP contribution in [0, 0.1) is 0 Å². The Hall–Kier alpha value is -0.0800. The summed E-state index contributed by atoms with van der Waals surface area (Å²) in [5.41, 5.74) is 0. The van der Waals surface area contributed by atoms with Gasteiger partial charge in [-0.2, -0.15) is 0 Å². The number of likely N-dealkylation sites (N-methyl/N-ethyl adjacent to an activating group) is 1. The summed E-state index contributed by atoms with van der Waals surface area (Å²) < 4.78 is 5.01. The van der Waals surface area contributed by atoms with Gasteiger partial charge in [0.2, 0.25) is 0 Å². The first kappa shape index (κ1) is 11.7. The van der Waals surface area contributed by atoms with Crippen LogP contribution in [0.4, 0.5) is 0 Å². The van der Waals surface area contributed by atoms with E-state index in [1.807, 2.05) is 27.8 Å². The third kappa shape index (κ3) is 18.1. The van der Waals surface area contributed by atoms with Gasteiger partial charge in [0.1, 0.15) is 0 Å². The molecular weight excluding hydrogens is 114 g/mol. The fourth-order valence-electron chi connectivity index (χ4n) is 0.319. The highest BCUT2D eigenvalue weighted by Gasteiger charge is 1.76. The number of rotatable bonds is 4. The lowest BCUT2D eigenvalue weighted by Gasteiger charge is -1.96. The number of nitrogens with one attached hydrogen (secondary N) is 1. The topological polar surface area (TPSA) is 21.3 Å². The zero-order valence-corrected chi connectivity index (χ0v) is 7.03.